The van der Waals surface area contributed by atoms with Crippen LogP contribution in [0.15, 0.2) is 0 Å². The van der Waals surface area contributed by atoms with Crippen molar-refractivity contribution in [3.8, 4) is 0 Å². The van der Waals surface area contributed by atoms with E-state index >= 15 is 0 Å². The lowest BCUT2D eigenvalue weighted by atomic mass is 9.53. The molecule has 6 aliphatic rings. The molecule has 0 aromatic carbocycles. The standard InChI is InChI=1S/C21H34N2O4/c1-19(2,3)23-18(24)22-17-4-6-20(7-5-17)25-21(27-26-20)15-9-13-8-14(11-15)12-16(21)10-13/h13-17H,4-12H2,1-3H3,(H2,22,23,24). The summed E-state index contributed by atoms with van der Waals surface area (Å²) in [6.45, 7) is 5.97. The molecule has 27 heavy (non-hydrogen) atoms. The summed E-state index contributed by atoms with van der Waals surface area (Å²) in [4.78, 5) is 24.2. The molecule has 2 N–H and O–H groups in total. The van der Waals surface area contributed by atoms with Gasteiger partial charge in [-0.3, -0.25) is 0 Å². The number of hydrogen-bond acceptors (Lipinski definition) is 4. The van der Waals surface area contributed by atoms with E-state index in [2.05, 4.69) is 10.6 Å². The average Bonchev–Trinajstić information content (AvgIpc) is 2.93. The van der Waals surface area contributed by atoms with Gasteiger partial charge in [0.1, 0.15) is 0 Å². The maximum Gasteiger partial charge on any atom is 0.315 e. The topological polar surface area (TPSA) is 68.8 Å². The molecule has 4 bridgehead atoms. The second-order valence-electron chi connectivity index (χ2n) is 10.8. The Morgan fingerprint density at radius 1 is 0.926 bits per heavy atom. The van der Waals surface area contributed by atoms with E-state index in [0.717, 1.165) is 37.5 Å². The maximum atomic E-state index is 12.1. The summed E-state index contributed by atoms with van der Waals surface area (Å²) in [6, 6.07) is 0.0747. The fraction of sp³-hybridized carbons (Fsp3) is 0.952. The minimum absolute atomic E-state index is 0.0922. The smallest absolute Gasteiger partial charge is 0.315 e. The summed E-state index contributed by atoms with van der Waals surface area (Å²) in [7, 11) is 0. The summed E-state index contributed by atoms with van der Waals surface area (Å²) in [5.41, 5.74) is -0.225. The largest absolute Gasteiger partial charge is 0.335 e. The number of carbonyl (C=O) groups excluding carboxylic acids is 1. The van der Waals surface area contributed by atoms with Crippen LogP contribution in [0.4, 0.5) is 4.79 Å². The number of nitrogens with one attached hydrogen (secondary N) is 2. The van der Waals surface area contributed by atoms with Crippen LogP contribution in [-0.4, -0.2) is 29.2 Å². The first-order chi connectivity index (χ1) is 12.8. The van der Waals surface area contributed by atoms with Gasteiger partial charge in [-0.25, -0.2) is 4.79 Å². The molecule has 0 atom stereocenters. The van der Waals surface area contributed by atoms with Gasteiger partial charge in [-0.05, 0) is 77.6 Å². The third-order valence-corrected chi connectivity index (χ3v) is 7.52. The predicted molar refractivity (Wildman–Crippen MR) is 99.4 cm³/mol. The monoisotopic (exact) mass is 378 g/mol. The van der Waals surface area contributed by atoms with Crippen molar-refractivity contribution in [2.75, 3.05) is 0 Å². The van der Waals surface area contributed by atoms with E-state index in [0.29, 0.717) is 11.8 Å². The van der Waals surface area contributed by atoms with Crippen molar-refractivity contribution < 1.29 is 19.3 Å². The number of urea groups is 1. The van der Waals surface area contributed by atoms with Crippen LogP contribution in [-0.2, 0) is 14.5 Å². The Bertz CT molecular complexity index is 578. The first-order valence-corrected chi connectivity index (χ1v) is 10.9. The van der Waals surface area contributed by atoms with Gasteiger partial charge in [0.15, 0.2) is 0 Å². The zero-order valence-electron chi connectivity index (χ0n) is 16.9. The lowest BCUT2D eigenvalue weighted by Crippen LogP contribution is -2.59. The minimum atomic E-state index is -0.603. The molecule has 152 valence electrons. The van der Waals surface area contributed by atoms with Crippen molar-refractivity contribution in [3.63, 3.8) is 0 Å². The van der Waals surface area contributed by atoms with Gasteiger partial charge in [0.25, 0.3) is 0 Å². The molecule has 2 spiro atoms. The highest BCUT2D eigenvalue weighted by Crippen LogP contribution is 2.63. The van der Waals surface area contributed by atoms with Crippen molar-refractivity contribution in [1.29, 1.82) is 0 Å². The third-order valence-electron chi connectivity index (χ3n) is 7.52. The van der Waals surface area contributed by atoms with Crippen LogP contribution in [0, 0.1) is 23.7 Å². The van der Waals surface area contributed by atoms with Gasteiger partial charge in [0.2, 0.25) is 11.6 Å². The van der Waals surface area contributed by atoms with E-state index in [1.165, 1.54) is 32.1 Å². The van der Waals surface area contributed by atoms with Gasteiger partial charge in [-0.15, -0.1) is 0 Å². The molecule has 0 aromatic rings. The molecule has 6 nitrogen and oxygen atoms in total. The Kier molecular flexibility index (Phi) is 4.09. The highest BCUT2D eigenvalue weighted by atomic mass is 17.3. The number of hydrogen-bond donors (Lipinski definition) is 2. The number of rotatable bonds is 1. The van der Waals surface area contributed by atoms with E-state index in [4.69, 9.17) is 14.5 Å². The third kappa shape index (κ3) is 3.18. The molecule has 6 heteroatoms. The van der Waals surface area contributed by atoms with Gasteiger partial charge in [0.05, 0.1) is 0 Å². The number of amides is 2. The molecule has 1 saturated heterocycles. The van der Waals surface area contributed by atoms with Gasteiger partial charge >= 0.3 is 6.03 Å². The van der Waals surface area contributed by atoms with Crippen LogP contribution in [0.2, 0.25) is 0 Å². The fourth-order valence-corrected chi connectivity index (χ4v) is 6.56. The molecule has 6 fully saturated rings. The second-order valence-corrected chi connectivity index (χ2v) is 10.8. The van der Waals surface area contributed by atoms with Crippen LogP contribution < -0.4 is 10.6 Å². The van der Waals surface area contributed by atoms with E-state index in [-0.39, 0.29) is 17.6 Å². The molecule has 5 aliphatic carbocycles. The van der Waals surface area contributed by atoms with Gasteiger partial charge < -0.3 is 15.4 Å². The van der Waals surface area contributed by atoms with E-state index in [1.807, 2.05) is 20.8 Å². The summed E-state index contributed by atoms with van der Waals surface area (Å²) in [5, 5.41) is 6.07. The Morgan fingerprint density at radius 3 is 2.07 bits per heavy atom. The van der Waals surface area contributed by atoms with Crippen molar-refractivity contribution in [3.05, 3.63) is 0 Å². The average molecular weight is 379 g/mol. The molecular weight excluding hydrogens is 344 g/mol. The van der Waals surface area contributed by atoms with E-state index in [9.17, 15) is 4.79 Å². The highest BCUT2D eigenvalue weighted by Gasteiger charge is 2.66. The number of carbonyl (C=O) groups is 1. The van der Waals surface area contributed by atoms with Gasteiger partial charge in [-0.1, -0.05) is 0 Å². The normalized spacial score (nSPS) is 48.3. The molecule has 6 rings (SSSR count). The van der Waals surface area contributed by atoms with Gasteiger partial charge in [-0.2, -0.15) is 9.78 Å². The van der Waals surface area contributed by atoms with Crippen molar-refractivity contribution in [1.82, 2.24) is 10.6 Å². The van der Waals surface area contributed by atoms with Gasteiger partial charge in [0, 0.05) is 36.3 Å². The highest BCUT2D eigenvalue weighted by molar-refractivity contribution is 5.74. The summed E-state index contributed by atoms with van der Waals surface area (Å²) in [6.07, 6.45) is 9.65. The summed E-state index contributed by atoms with van der Waals surface area (Å²) in [5.74, 6) is 1.67. The molecular formula is C21H34N2O4. The lowest BCUT2D eigenvalue weighted by Gasteiger charge is -2.57. The molecule has 0 unspecified atom stereocenters. The SMILES string of the molecule is CC(C)(C)NC(=O)NC1CCC2(CC1)OOC1(O2)C2CC3CC(C2)CC1C3. The molecule has 5 saturated carbocycles. The first-order valence-electron chi connectivity index (χ1n) is 10.9. The zero-order chi connectivity index (χ0) is 18.9. The predicted octanol–water partition coefficient (Wildman–Crippen LogP) is 3.85. The lowest BCUT2D eigenvalue weighted by molar-refractivity contribution is -0.390. The second kappa shape index (κ2) is 6.07. The van der Waals surface area contributed by atoms with Crippen LogP contribution >= 0.6 is 0 Å². The van der Waals surface area contributed by atoms with Crippen LogP contribution in [0.25, 0.3) is 0 Å². The van der Waals surface area contributed by atoms with Crippen LogP contribution in [0.5, 0.6) is 0 Å². The Labute approximate surface area is 162 Å². The van der Waals surface area contributed by atoms with Crippen LogP contribution in [0.1, 0.15) is 78.6 Å². The Hall–Kier alpha value is -0.850. The van der Waals surface area contributed by atoms with Crippen molar-refractivity contribution in [2.45, 2.75) is 102 Å². The quantitative estimate of drug-likeness (QED) is 0.680. The van der Waals surface area contributed by atoms with E-state index in [1.54, 1.807) is 0 Å². The van der Waals surface area contributed by atoms with E-state index < -0.39 is 11.6 Å². The number of ether oxygens (including phenoxy) is 1. The van der Waals surface area contributed by atoms with Crippen molar-refractivity contribution >= 4 is 6.03 Å². The molecule has 2 amide bonds. The molecule has 1 heterocycles. The summed E-state index contributed by atoms with van der Waals surface area (Å²) < 4.78 is 6.72. The first kappa shape index (κ1) is 18.2. The molecule has 1 aliphatic heterocycles. The van der Waals surface area contributed by atoms with Crippen molar-refractivity contribution in [2.24, 2.45) is 23.7 Å². The summed E-state index contributed by atoms with van der Waals surface area (Å²) >= 11 is 0. The molecule has 0 aromatic heterocycles. The molecule has 0 radical (unpaired) electrons. The zero-order valence-corrected chi connectivity index (χ0v) is 16.9. The fourth-order valence-electron chi connectivity index (χ4n) is 6.56. The Morgan fingerprint density at radius 2 is 1.52 bits per heavy atom. The maximum absolute atomic E-state index is 12.1. The minimum Gasteiger partial charge on any atom is -0.335 e. The van der Waals surface area contributed by atoms with Crippen LogP contribution in [0.3, 0.4) is 0 Å². The Balaban J connectivity index is 1.20.